The summed E-state index contributed by atoms with van der Waals surface area (Å²) in [5.41, 5.74) is 9.53. The molecule has 0 unspecified atom stereocenters. The van der Waals surface area contributed by atoms with Crippen LogP contribution >= 0.6 is 24.0 Å². The molecule has 0 aliphatic heterocycles. The molecule has 0 spiro atoms. The highest BCUT2D eigenvalue weighted by molar-refractivity contribution is 14.0. The Labute approximate surface area is 158 Å². The number of hydrogen-bond donors (Lipinski definition) is 2. The van der Waals surface area contributed by atoms with E-state index in [2.05, 4.69) is 36.2 Å². The first-order valence-electron chi connectivity index (χ1n) is 8.59. The van der Waals surface area contributed by atoms with Crippen molar-refractivity contribution in [3.63, 3.8) is 0 Å². The van der Waals surface area contributed by atoms with Crippen molar-refractivity contribution in [1.29, 1.82) is 0 Å². The quantitative estimate of drug-likeness (QED) is 0.256. The molecule has 0 aromatic carbocycles. The van der Waals surface area contributed by atoms with E-state index in [0.717, 1.165) is 31.6 Å². The zero-order valence-corrected chi connectivity index (χ0v) is 17.5. The summed E-state index contributed by atoms with van der Waals surface area (Å²) in [6, 6.07) is 0. The van der Waals surface area contributed by atoms with Gasteiger partial charge in [0.05, 0.1) is 5.69 Å². The summed E-state index contributed by atoms with van der Waals surface area (Å²) < 4.78 is 1.93. The molecule has 6 heteroatoms. The molecule has 0 aliphatic rings. The van der Waals surface area contributed by atoms with E-state index in [4.69, 9.17) is 5.73 Å². The zero-order chi connectivity index (χ0) is 16.4. The Kier molecular flexibility index (Phi) is 12.2. The molecule has 0 amide bonds. The average molecular weight is 435 g/mol. The van der Waals surface area contributed by atoms with Crippen LogP contribution in [0.5, 0.6) is 0 Å². The Bertz CT molecular complexity index is 468. The van der Waals surface area contributed by atoms with Gasteiger partial charge in [0.1, 0.15) is 0 Å². The summed E-state index contributed by atoms with van der Waals surface area (Å²) in [6.07, 6.45) is 8.62. The maximum absolute atomic E-state index is 5.90. The van der Waals surface area contributed by atoms with Crippen LogP contribution in [0.4, 0.5) is 0 Å². The largest absolute Gasteiger partial charge is 0.370 e. The van der Waals surface area contributed by atoms with Gasteiger partial charge in [-0.2, -0.15) is 5.10 Å². The van der Waals surface area contributed by atoms with E-state index in [-0.39, 0.29) is 24.0 Å². The minimum atomic E-state index is 0. The number of nitrogens with one attached hydrogen (secondary N) is 1. The lowest BCUT2D eigenvalue weighted by Crippen LogP contribution is -2.33. The summed E-state index contributed by atoms with van der Waals surface area (Å²) in [6.45, 7) is 8.03. The molecule has 1 aromatic rings. The Morgan fingerprint density at radius 3 is 2.43 bits per heavy atom. The standard InChI is InChI=1S/C17H33N5.HI/c1-5-6-7-8-9-10-12-19-17(18)20-13-11-16-14(2)21-22(4)15(16)3;/h5-13H2,1-4H3,(H3,18,19,20);1H. The second kappa shape index (κ2) is 12.6. The van der Waals surface area contributed by atoms with Crippen LogP contribution in [0.25, 0.3) is 0 Å². The summed E-state index contributed by atoms with van der Waals surface area (Å²) >= 11 is 0. The smallest absolute Gasteiger partial charge is 0.188 e. The molecule has 0 saturated carbocycles. The predicted molar refractivity (Wildman–Crippen MR) is 110 cm³/mol. The number of aromatic nitrogens is 2. The summed E-state index contributed by atoms with van der Waals surface area (Å²) in [5.74, 6) is 0.563. The Balaban J connectivity index is 0.00000484. The molecule has 1 rings (SSSR count). The van der Waals surface area contributed by atoms with Crippen molar-refractivity contribution in [2.45, 2.75) is 65.7 Å². The lowest BCUT2D eigenvalue weighted by Gasteiger charge is -2.06. The molecule has 0 atom stereocenters. The molecule has 0 radical (unpaired) electrons. The normalized spacial score (nSPS) is 11.4. The van der Waals surface area contributed by atoms with Crippen molar-refractivity contribution < 1.29 is 0 Å². The van der Waals surface area contributed by atoms with Crippen LogP contribution in [0.2, 0.25) is 0 Å². The number of rotatable bonds is 10. The fourth-order valence-electron chi connectivity index (χ4n) is 2.64. The zero-order valence-electron chi connectivity index (χ0n) is 15.2. The van der Waals surface area contributed by atoms with Gasteiger partial charge in [-0.15, -0.1) is 24.0 Å². The third kappa shape index (κ3) is 8.58. The lowest BCUT2D eigenvalue weighted by molar-refractivity contribution is 0.611. The SMILES string of the molecule is CCCCCCCCN=C(N)NCCc1c(C)nn(C)c1C.I. The van der Waals surface area contributed by atoms with Crippen molar-refractivity contribution in [2.24, 2.45) is 17.8 Å². The Morgan fingerprint density at radius 2 is 1.83 bits per heavy atom. The van der Waals surface area contributed by atoms with E-state index in [1.165, 1.54) is 43.4 Å². The second-order valence-corrected chi connectivity index (χ2v) is 5.98. The minimum Gasteiger partial charge on any atom is -0.370 e. The van der Waals surface area contributed by atoms with Crippen molar-refractivity contribution in [2.75, 3.05) is 13.1 Å². The minimum absolute atomic E-state index is 0. The average Bonchev–Trinajstić information content (AvgIpc) is 2.72. The number of hydrogen-bond acceptors (Lipinski definition) is 2. The number of unbranched alkanes of at least 4 members (excludes halogenated alkanes) is 5. The topological polar surface area (TPSA) is 68.2 Å². The van der Waals surface area contributed by atoms with Crippen LogP contribution in [-0.2, 0) is 13.5 Å². The van der Waals surface area contributed by atoms with Gasteiger partial charge in [0.2, 0.25) is 0 Å². The fourth-order valence-corrected chi connectivity index (χ4v) is 2.64. The monoisotopic (exact) mass is 435 g/mol. The van der Waals surface area contributed by atoms with Gasteiger partial charge in [-0.3, -0.25) is 9.67 Å². The number of guanidine groups is 1. The van der Waals surface area contributed by atoms with E-state index < -0.39 is 0 Å². The number of aryl methyl sites for hydroxylation is 2. The van der Waals surface area contributed by atoms with Gasteiger partial charge in [-0.05, 0) is 32.3 Å². The molecule has 23 heavy (non-hydrogen) atoms. The number of halogens is 1. The van der Waals surface area contributed by atoms with Crippen LogP contribution in [0.15, 0.2) is 4.99 Å². The summed E-state index contributed by atoms with van der Waals surface area (Å²) in [5, 5.41) is 7.62. The van der Waals surface area contributed by atoms with E-state index >= 15 is 0 Å². The number of nitrogens with zero attached hydrogens (tertiary/aromatic N) is 3. The molecule has 3 N–H and O–H groups in total. The first-order valence-corrected chi connectivity index (χ1v) is 8.59. The van der Waals surface area contributed by atoms with Gasteiger partial charge >= 0.3 is 0 Å². The highest BCUT2D eigenvalue weighted by atomic mass is 127. The highest BCUT2D eigenvalue weighted by Gasteiger charge is 2.08. The summed E-state index contributed by atoms with van der Waals surface area (Å²) in [7, 11) is 1.98. The molecule has 134 valence electrons. The first kappa shape index (κ1) is 22.2. The lowest BCUT2D eigenvalue weighted by atomic mass is 10.1. The first-order chi connectivity index (χ1) is 10.6. The van der Waals surface area contributed by atoms with Gasteiger partial charge < -0.3 is 11.1 Å². The van der Waals surface area contributed by atoms with Crippen molar-refractivity contribution in [3.8, 4) is 0 Å². The van der Waals surface area contributed by atoms with Gasteiger partial charge in [0, 0.05) is 25.8 Å². The Hall–Kier alpha value is -0.790. The fraction of sp³-hybridized carbons (Fsp3) is 0.765. The number of aliphatic imine (C=N–C) groups is 1. The second-order valence-electron chi connectivity index (χ2n) is 5.98. The molecule has 0 bridgehead atoms. The maximum atomic E-state index is 5.90. The van der Waals surface area contributed by atoms with Gasteiger partial charge in [0.25, 0.3) is 0 Å². The van der Waals surface area contributed by atoms with E-state index in [1.54, 1.807) is 0 Å². The van der Waals surface area contributed by atoms with Crippen LogP contribution in [-0.4, -0.2) is 28.8 Å². The van der Waals surface area contributed by atoms with Gasteiger partial charge in [-0.25, -0.2) is 0 Å². The van der Waals surface area contributed by atoms with Crippen molar-refractivity contribution in [1.82, 2.24) is 15.1 Å². The van der Waals surface area contributed by atoms with Crippen LogP contribution < -0.4 is 11.1 Å². The molecule has 1 aromatic heterocycles. The Morgan fingerprint density at radius 1 is 1.17 bits per heavy atom. The third-order valence-electron chi connectivity index (χ3n) is 4.13. The van der Waals surface area contributed by atoms with E-state index in [9.17, 15) is 0 Å². The van der Waals surface area contributed by atoms with Crippen LogP contribution in [0.1, 0.15) is 62.4 Å². The molecular formula is C17H34IN5. The molecule has 1 heterocycles. The van der Waals surface area contributed by atoms with Crippen LogP contribution in [0.3, 0.4) is 0 Å². The summed E-state index contributed by atoms with van der Waals surface area (Å²) in [4.78, 5) is 4.39. The third-order valence-corrected chi connectivity index (χ3v) is 4.13. The molecule has 0 saturated heterocycles. The van der Waals surface area contributed by atoms with Crippen LogP contribution in [0, 0.1) is 13.8 Å². The van der Waals surface area contributed by atoms with Crippen molar-refractivity contribution in [3.05, 3.63) is 17.0 Å². The highest BCUT2D eigenvalue weighted by Crippen LogP contribution is 2.11. The maximum Gasteiger partial charge on any atom is 0.188 e. The van der Waals surface area contributed by atoms with E-state index in [1.807, 2.05) is 11.7 Å². The van der Waals surface area contributed by atoms with Gasteiger partial charge in [0.15, 0.2) is 5.96 Å². The van der Waals surface area contributed by atoms with E-state index in [0.29, 0.717) is 5.96 Å². The van der Waals surface area contributed by atoms with Crippen molar-refractivity contribution >= 4 is 29.9 Å². The molecule has 0 aliphatic carbocycles. The number of nitrogens with two attached hydrogens (primary N) is 1. The predicted octanol–water partition coefficient (Wildman–Crippen LogP) is 3.46. The molecule has 0 fully saturated rings. The van der Waals surface area contributed by atoms with Gasteiger partial charge in [-0.1, -0.05) is 39.0 Å². The molecule has 5 nitrogen and oxygen atoms in total. The molecular weight excluding hydrogens is 401 g/mol.